The van der Waals surface area contributed by atoms with E-state index in [-0.39, 0.29) is 23.3 Å². The Hall–Kier alpha value is -3.98. The molecule has 0 aliphatic rings. The zero-order chi connectivity index (χ0) is 21.6. The smallest absolute Gasteiger partial charge is 0.352 e. The lowest BCUT2D eigenvalue weighted by atomic mass is 10.0. The molecule has 0 unspecified atom stereocenters. The van der Waals surface area contributed by atoms with E-state index in [1.165, 1.54) is 0 Å². The maximum Gasteiger partial charge on any atom is 0.352 e. The highest BCUT2D eigenvalue weighted by Gasteiger charge is 2.18. The number of pyridine rings is 1. The molecule has 0 aliphatic heterocycles. The van der Waals surface area contributed by atoms with Crippen molar-refractivity contribution in [3.8, 4) is 0 Å². The fourth-order valence-corrected chi connectivity index (χ4v) is 2.46. The van der Waals surface area contributed by atoms with Crippen LogP contribution in [0.4, 0.5) is 5.69 Å². The average Bonchev–Trinajstić information content (AvgIpc) is 2.68. The number of carbonyl (C=O) groups is 3. The highest BCUT2D eigenvalue weighted by atomic mass is 16.4. The van der Waals surface area contributed by atoms with Crippen molar-refractivity contribution in [1.82, 2.24) is 4.98 Å². The van der Waals surface area contributed by atoms with Gasteiger partial charge in [-0.05, 0) is 24.3 Å². The van der Waals surface area contributed by atoms with Gasteiger partial charge in [0, 0.05) is 34.6 Å². The van der Waals surface area contributed by atoms with Crippen LogP contribution in [0.3, 0.4) is 0 Å². The van der Waals surface area contributed by atoms with E-state index >= 15 is 0 Å². The van der Waals surface area contributed by atoms with Crippen LogP contribution >= 0.6 is 0 Å². The maximum absolute atomic E-state index is 11.6. The van der Waals surface area contributed by atoms with Crippen LogP contribution in [0.2, 0.25) is 0 Å². The second kappa shape index (κ2) is 9.29. The molecule has 9 nitrogen and oxygen atoms in total. The maximum atomic E-state index is 11.6. The number of aromatic nitrogens is 1. The summed E-state index contributed by atoms with van der Waals surface area (Å²) < 4.78 is 0. The lowest BCUT2D eigenvalue weighted by Crippen LogP contribution is -2.32. The van der Waals surface area contributed by atoms with E-state index in [4.69, 9.17) is 21.7 Å². The molecule has 3 aromatic rings. The molecular weight excluding hydrogens is 378 g/mol. The van der Waals surface area contributed by atoms with Crippen LogP contribution in [-0.2, 0) is 4.79 Å². The third-order valence-electron chi connectivity index (χ3n) is 3.95. The van der Waals surface area contributed by atoms with Crippen LogP contribution in [0.25, 0.3) is 10.9 Å². The van der Waals surface area contributed by atoms with Crippen LogP contribution in [0.1, 0.15) is 27.3 Å². The highest BCUT2D eigenvalue weighted by Crippen LogP contribution is 2.13. The summed E-state index contributed by atoms with van der Waals surface area (Å²) in [6.07, 6.45) is -0.246. The van der Waals surface area contributed by atoms with Crippen molar-refractivity contribution in [3.63, 3.8) is 0 Å². The fourth-order valence-electron chi connectivity index (χ4n) is 2.46. The Kier molecular flexibility index (Phi) is 6.83. The zero-order valence-corrected chi connectivity index (χ0v) is 15.2. The van der Waals surface area contributed by atoms with Gasteiger partial charge in [-0.25, -0.2) is 4.79 Å². The summed E-state index contributed by atoms with van der Waals surface area (Å²) in [5, 5.41) is 17.7. The first-order valence-electron chi connectivity index (χ1n) is 8.42. The van der Waals surface area contributed by atoms with Gasteiger partial charge in [0.05, 0.1) is 0 Å². The van der Waals surface area contributed by atoms with Crippen LogP contribution in [0.15, 0.2) is 59.4 Å². The Bertz CT molecular complexity index is 1120. The van der Waals surface area contributed by atoms with Gasteiger partial charge in [0.2, 0.25) is 0 Å². The summed E-state index contributed by atoms with van der Waals surface area (Å²) in [6.45, 7) is 0. The predicted octanol–water partition coefficient (Wildman–Crippen LogP) is 1.48. The van der Waals surface area contributed by atoms with Gasteiger partial charge in [-0.15, -0.1) is 0 Å². The highest BCUT2D eigenvalue weighted by molar-refractivity contribution is 6.02. The average molecular weight is 397 g/mol. The number of anilines is 1. The number of carboxylic acid groups (broad SMARTS) is 2. The SMILES string of the molecule is Nc1ccccc1C(=O)C[C@H](N)C(=O)O.O=C(O)c1cc(=O)c2ccccc2[nH]1. The standard InChI is InChI=1S/C10H12N2O3.C10H7NO3/c11-7-4-2-1-3-6(7)9(13)5-8(12)10(14)15;12-9-5-8(10(13)14)11-7-4-2-1-3-6(7)9/h1-4,8H,5,11-12H2,(H,14,15);1-5H,(H,11,12)(H,13,14)/t8-;/m0./s1. The molecule has 150 valence electrons. The van der Waals surface area contributed by atoms with Crippen molar-refractivity contribution >= 4 is 34.3 Å². The number of rotatable bonds is 5. The summed E-state index contributed by atoms with van der Waals surface area (Å²) in [5.41, 5.74) is 11.6. The Labute approximate surface area is 164 Å². The minimum absolute atomic E-state index is 0.0892. The first-order valence-corrected chi connectivity index (χ1v) is 8.42. The molecule has 29 heavy (non-hydrogen) atoms. The Morgan fingerprint density at radius 2 is 1.62 bits per heavy atom. The molecule has 7 N–H and O–H groups in total. The van der Waals surface area contributed by atoms with E-state index < -0.39 is 18.0 Å². The number of hydrogen-bond donors (Lipinski definition) is 5. The molecule has 1 heterocycles. The van der Waals surface area contributed by atoms with E-state index in [9.17, 15) is 19.2 Å². The second-order valence-corrected chi connectivity index (χ2v) is 6.06. The number of nitrogen functional groups attached to an aromatic ring is 1. The van der Waals surface area contributed by atoms with Crippen LogP contribution in [-0.4, -0.2) is 39.0 Å². The number of benzene rings is 2. The normalized spacial score (nSPS) is 11.2. The van der Waals surface area contributed by atoms with Gasteiger partial charge < -0.3 is 26.7 Å². The molecule has 0 saturated carbocycles. The van der Waals surface area contributed by atoms with Crippen LogP contribution < -0.4 is 16.9 Å². The van der Waals surface area contributed by atoms with Crippen molar-refractivity contribution in [3.05, 3.63) is 76.1 Å². The summed E-state index contributed by atoms with van der Waals surface area (Å²) in [6, 6.07) is 13.2. The van der Waals surface area contributed by atoms with Crippen LogP contribution in [0, 0.1) is 0 Å². The van der Waals surface area contributed by atoms with E-state index in [1.54, 1.807) is 48.5 Å². The molecule has 0 radical (unpaired) electrons. The van der Waals surface area contributed by atoms with Crippen molar-refractivity contribution in [1.29, 1.82) is 0 Å². The number of carboxylic acids is 2. The Morgan fingerprint density at radius 1 is 1.00 bits per heavy atom. The van der Waals surface area contributed by atoms with Gasteiger partial charge in [-0.2, -0.15) is 0 Å². The van der Waals surface area contributed by atoms with E-state index in [0.717, 1.165) is 6.07 Å². The number of nitrogens with one attached hydrogen (secondary N) is 1. The molecule has 0 aliphatic carbocycles. The number of carbonyl (C=O) groups excluding carboxylic acids is 1. The molecule has 0 fully saturated rings. The van der Waals surface area contributed by atoms with Gasteiger partial charge in [0.15, 0.2) is 11.2 Å². The molecule has 0 saturated heterocycles. The van der Waals surface area contributed by atoms with Gasteiger partial charge in [0.25, 0.3) is 0 Å². The van der Waals surface area contributed by atoms with Crippen molar-refractivity contribution < 1.29 is 24.6 Å². The summed E-state index contributed by atoms with van der Waals surface area (Å²) in [7, 11) is 0. The largest absolute Gasteiger partial charge is 0.480 e. The third-order valence-corrected chi connectivity index (χ3v) is 3.95. The lowest BCUT2D eigenvalue weighted by molar-refractivity contribution is -0.138. The quantitative estimate of drug-likeness (QED) is 0.317. The van der Waals surface area contributed by atoms with Crippen LogP contribution in [0.5, 0.6) is 0 Å². The Balaban J connectivity index is 0.000000207. The molecule has 9 heteroatoms. The van der Waals surface area contributed by atoms with Gasteiger partial charge >= 0.3 is 11.9 Å². The van der Waals surface area contributed by atoms with Crippen molar-refractivity contribution in [2.24, 2.45) is 5.73 Å². The summed E-state index contributed by atoms with van der Waals surface area (Å²) in [5.74, 6) is -2.69. The number of ketones is 1. The molecule has 0 amide bonds. The number of para-hydroxylation sites is 2. The summed E-state index contributed by atoms with van der Waals surface area (Å²) >= 11 is 0. The number of fused-ring (bicyclic) bond motifs is 1. The number of aromatic carboxylic acids is 1. The second-order valence-electron chi connectivity index (χ2n) is 6.06. The van der Waals surface area contributed by atoms with Gasteiger partial charge in [-0.3, -0.25) is 14.4 Å². The van der Waals surface area contributed by atoms with E-state index in [0.29, 0.717) is 22.2 Å². The topological polar surface area (TPSA) is 177 Å². The fraction of sp³-hybridized carbons (Fsp3) is 0.100. The minimum Gasteiger partial charge on any atom is -0.480 e. The zero-order valence-electron chi connectivity index (χ0n) is 15.2. The number of aromatic amines is 1. The van der Waals surface area contributed by atoms with Crippen molar-refractivity contribution in [2.45, 2.75) is 12.5 Å². The minimum atomic E-state index is -1.20. The molecule has 0 spiro atoms. The van der Waals surface area contributed by atoms with Gasteiger partial charge in [0.1, 0.15) is 11.7 Å². The predicted molar refractivity (Wildman–Crippen MR) is 107 cm³/mol. The molecule has 2 aromatic carbocycles. The first kappa shape index (κ1) is 21.3. The monoisotopic (exact) mass is 397 g/mol. The molecule has 1 aromatic heterocycles. The van der Waals surface area contributed by atoms with E-state index in [2.05, 4.69) is 4.98 Å². The van der Waals surface area contributed by atoms with E-state index in [1.807, 2.05) is 0 Å². The van der Waals surface area contributed by atoms with Crippen molar-refractivity contribution in [2.75, 3.05) is 5.73 Å². The number of aliphatic carboxylic acids is 1. The first-order chi connectivity index (χ1) is 13.7. The molecular formula is C20H19N3O6. The number of nitrogens with two attached hydrogens (primary N) is 2. The Morgan fingerprint density at radius 3 is 2.24 bits per heavy atom. The van der Waals surface area contributed by atoms with Gasteiger partial charge in [-0.1, -0.05) is 24.3 Å². The number of H-pyrrole nitrogens is 1. The third kappa shape index (κ3) is 5.50. The lowest BCUT2D eigenvalue weighted by Gasteiger charge is -2.07. The molecule has 1 atom stereocenters. The summed E-state index contributed by atoms with van der Waals surface area (Å²) in [4.78, 5) is 46.7. The molecule has 0 bridgehead atoms. The molecule has 3 rings (SSSR count). The number of Topliss-reactive ketones (excluding diaryl/α,β-unsaturated/α-hetero) is 1. The number of hydrogen-bond acceptors (Lipinski definition) is 6.